The van der Waals surface area contributed by atoms with Gasteiger partial charge in [0.15, 0.2) is 0 Å². The molecule has 182 valence electrons. The maximum atomic E-state index is 11.5. The van der Waals surface area contributed by atoms with Gasteiger partial charge >= 0.3 is 12.1 Å². The van der Waals surface area contributed by atoms with Crippen LogP contribution in [-0.2, 0) is 32.5 Å². The predicted molar refractivity (Wildman–Crippen MR) is 114 cm³/mol. The number of halogens is 3. The maximum absolute atomic E-state index is 11.5. The zero-order valence-corrected chi connectivity index (χ0v) is 19.1. The highest BCUT2D eigenvalue weighted by molar-refractivity contribution is 7.89. The first-order valence-electron chi connectivity index (χ1n) is 10.6. The molecule has 1 unspecified atom stereocenters. The number of likely N-dealkylation sites (tertiary alicyclic amines) is 1. The van der Waals surface area contributed by atoms with Crippen LogP contribution in [-0.4, -0.2) is 68.2 Å². The van der Waals surface area contributed by atoms with Gasteiger partial charge in [-0.15, -0.1) is 0 Å². The molecule has 2 N–H and O–H groups in total. The SMILES string of the molecule is CCc1ccc(CN2CC3(CCC(CNS(=O)(=O)CC)CO3)C2)cc1.O=C(O)C(F)(F)F. The first-order chi connectivity index (χ1) is 14.9. The average molecular weight is 481 g/mol. The monoisotopic (exact) mass is 480 g/mol. The summed E-state index contributed by atoms with van der Waals surface area (Å²) in [5.74, 6) is -2.33. The molecule has 0 saturated carbocycles. The summed E-state index contributed by atoms with van der Waals surface area (Å²) in [7, 11) is -3.10. The van der Waals surface area contributed by atoms with Gasteiger partial charge < -0.3 is 9.84 Å². The lowest BCUT2D eigenvalue weighted by molar-refractivity contribution is -0.192. The number of nitrogens with zero attached hydrogens (tertiary/aromatic N) is 1. The Bertz CT molecular complexity index is 843. The quantitative estimate of drug-likeness (QED) is 0.623. The van der Waals surface area contributed by atoms with Gasteiger partial charge in [0.25, 0.3) is 0 Å². The maximum Gasteiger partial charge on any atom is 0.490 e. The van der Waals surface area contributed by atoms with E-state index in [0.717, 1.165) is 38.9 Å². The molecular weight excluding hydrogens is 449 g/mol. The van der Waals surface area contributed by atoms with Gasteiger partial charge in [0, 0.05) is 26.2 Å². The lowest BCUT2D eigenvalue weighted by Gasteiger charge is -2.53. The van der Waals surface area contributed by atoms with Crippen LogP contribution in [0.3, 0.4) is 0 Å². The zero-order chi connectivity index (χ0) is 24.0. The molecule has 2 aliphatic rings. The molecule has 1 spiro atoms. The summed E-state index contributed by atoms with van der Waals surface area (Å²) < 4.78 is 63.6. The van der Waals surface area contributed by atoms with E-state index < -0.39 is 22.2 Å². The van der Waals surface area contributed by atoms with E-state index in [4.69, 9.17) is 14.6 Å². The number of carboxylic acids is 1. The Morgan fingerprint density at radius 1 is 1.22 bits per heavy atom. The molecule has 2 aliphatic heterocycles. The Labute approximate surface area is 187 Å². The molecule has 2 fully saturated rings. The summed E-state index contributed by atoms with van der Waals surface area (Å²) >= 11 is 0. The molecule has 1 aromatic rings. The lowest BCUT2D eigenvalue weighted by Crippen LogP contribution is -2.64. The number of rotatable bonds is 7. The fraction of sp³-hybridized carbons (Fsp3) is 0.667. The van der Waals surface area contributed by atoms with Gasteiger partial charge in [-0.3, -0.25) is 4.90 Å². The fourth-order valence-corrected chi connectivity index (χ4v) is 4.39. The Morgan fingerprint density at radius 3 is 2.22 bits per heavy atom. The van der Waals surface area contributed by atoms with Gasteiger partial charge in [-0.05, 0) is 43.2 Å². The normalized spacial score (nSPS) is 20.8. The van der Waals surface area contributed by atoms with E-state index in [-0.39, 0.29) is 11.4 Å². The highest BCUT2D eigenvalue weighted by Crippen LogP contribution is 2.36. The van der Waals surface area contributed by atoms with Crippen LogP contribution >= 0.6 is 0 Å². The Balaban J connectivity index is 0.000000451. The summed E-state index contributed by atoms with van der Waals surface area (Å²) in [5, 5.41) is 7.12. The topological polar surface area (TPSA) is 95.9 Å². The van der Waals surface area contributed by atoms with Crippen molar-refractivity contribution < 1.29 is 36.2 Å². The molecule has 0 aromatic heterocycles. The van der Waals surface area contributed by atoms with E-state index in [9.17, 15) is 21.6 Å². The van der Waals surface area contributed by atoms with Crippen molar-refractivity contribution in [1.82, 2.24) is 9.62 Å². The standard InChI is InChI=1S/C19H30N2O3S.C2HF3O2/c1-3-16-5-7-17(8-6-16)12-21-14-19(15-21)10-9-18(13-24-19)11-20-25(22,23)4-2;3-2(4,5)1(6)7/h5-8,18,20H,3-4,9-15H2,1-2H3;(H,6,7). The van der Waals surface area contributed by atoms with Gasteiger partial charge in [-0.1, -0.05) is 31.2 Å². The van der Waals surface area contributed by atoms with Crippen LogP contribution < -0.4 is 4.72 Å². The smallest absolute Gasteiger partial charge is 0.475 e. The van der Waals surface area contributed by atoms with Crippen LogP contribution in [0.5, 0.6) is 0 Å². The molecule has 2 saturated heterocycles. The van der Waals surface area contributed by atoms with E-state index in [1.54, 1.807) is 6.92 Å². The largest absolute Gasteiger partial charge is 0.490 e. The first kappa shape index (κ1) is 26.6. The van der Waals surface area contributed by atoms with E-state index in [0.29, 0.717) is 19.1 Å². The number of aliphatic carboxylic acids is 1. The van der Waals surface area contributed by atoms with Gasteiger partial charge in [0.1, 0.15) is 0 Å². The first-order valence-corrected chi connectivity index (χ1v) is 12.2. The van der Waals surface area contributed by atoms with Crippen molar-refractivity contribution in [3.63, 3.8) is 0 Å². The van der Waals surface area contributed by atoms with Gasteiger partial charge in [0.05, 0.1) is 18.0 Å². The molecule has 0 aliphatic carbocycles. The molecule has 1 atom stereocenters. The third kappa shape index (κ3) is 8.02. The van der Waals surface area contributed by atoms with Crippen molar-refractivity contribution in [2.24, 2.45) is 5.92 Å². The van der Waals surface area contributed by atoms with Crippen LogP contribution in [0.25, 0.3) is 0 Å². The van der Waals surface area contributed by atoms with Crippen molar-refractivity contribution >= 4 is 16.0 Å². The highest BCUT2D eigenvalue weighted by Gasteiger charge is 2.46. The summed E-state index contributed by atoms with van der Waals surface area (Å²) in [4.78, 5) is 11.3. The van der Waals surface area contributed by atoms with Crippen LogP contribution in [0.2, 0.25) is 0 Å². The number of hydrogen-bond donors (Lipinski definition) is 2. The van der Waals surface area contributed by atoms with E-state index >= 15 is 0 Å². The Hall–Kier alpha value is -1.69. The summed E-state index contributed by atoms with van der Waals surface area (Å²) in [6, 6.07) is 8.87. The minimum atomic E-state index is -5.08. The molecule has 2 heterocycles. The third-order valence-corrected chi connectivity index (χ3v) is 7.08. The highest BCUT2D eigenvalue weighted by atomic mass is 32.2. The van der Waals surface area contributed by atoms with Gasteiger partial charge in [-0.25, -0.2) is 17.9 Å². The molecule has 11 heteroatoms. The van der Waals surface area contributed by atoms with Crippen LogP contribution in [0.15, 0.2) is 24.3 Å². The van der Waals surface area contributed by atoms with E-state index in [2.05, 4.69) is 40.8 Å². The fourth-order valence-electron chi connectivity index (χ4n) is 3.69. The second-order valence-corrected chi connectivity index (χ2v) is 10.4. The lowest BCUT2D eigenvalue weighted by atomic mass is 9.83. The van der Waals surface area contributed by atoms with Crippen LogP contribution in [0, 0.1) is 5.92 Å². The predicted octanol–water partition coefficient (Wildman–Crippen LogP) is 2.80. The van der Waals surface area contributed by atoms with Crippen molar-refractivity contribution in [1.29, 1.82) is 0 Å². The third-order valence-electron chi connectivity index (χ3n) is 5.71. The number of hydrogen-bond acceptors (Lipinski definition) is 5. The second-order valence-electron chi connectivity index (χ2n) is 8.27. The molecular formula is C21H31F3N2O5S. The van der Waals surface area contributed by atoms with Crippen molar-refractivity contribution in [2.75, 3.05) is 32.0 Å². The molecule has 0 amide bonds. The number of sulfonamides is 1. The molecule has 32 heavy (non-hydrogen) atoms. The minimum Gasteiger partial charge on any atom is -0.475 e. The average Bonchev–Trinajstić information content (AvgIpc) is 2.72. The molecule has 1 aromatic carbocycles. The van der Waals surface area contributed by atoms with Gasteiger partial charge in [-0.2, -0.15) is 13.2 Å². The van der Waals surface area contributed by atoms with Crippen LogP contribution in [0.4, 0.5) is 13.2 Å². The molecule has 3 rings (SSSR count). The Kier molecular flexibility index (Phi) is 9.09. The molecule has 0 bridgehead atoms. The number of aryl methyl sites for hydroxylation is 1. The zero-order valence-electron chi connectivity index (χ0n) is 18.3. The number of nitrogens with one attached hydrogen (secondary N) is 1. The van der Waals surface area contributed by atoms with E-state index in [1.807, 2.05) is 0 Å². The minimum absolute atomic E-state index is 0.00346. The van der Waals surface area contributed by atoms with Crippen molar-refractivity contribution in [2.45, 2.75) is 51.4 Å². The molecule has 7 nitrogen and oxygen atoms in total. The number of ether oxygens (including phenoxy) is 1. The molecule has 0 radical (unpaired) electrons. The number of benzene rings is 1. The second kappa shape index (κ2) is 11.0. The number of alkyl halides is 3. The van der Waals surface area contributed by atoms with E-state index in [1.165, 1.54) is 11.1 Å². The number of carbonyl (C=O) groups is 1. The Morgan fingerprint density at radius 2 is 1.78 bits per heavy atom. The summed E-state index contributed by atoms with van der Waals surface area (Å²) in [5.41, 5.74) is 2.74. The summed E-state index contributed by atoms with van der Waals surface area (Å²) in [6.45, 7) is 7.94. The summed E-state index contributed by atoms with van der Waals surface area (Å²) in [6.07, 6.45) is -1.95. The van der Waals surface area contributed by atoms with Crippen LogP contribution in [0.1, 0.15) is 37.8 Å². The van der Waals surface area contributed by atoms with Gasteiger partial charge in [0.2, 0.25) is 10.0 Å². The number of carboxylic acid groups (broad SMARTS) is 1. The van der Waals surface area contributed by atoms with Crippen molar-refractivity contribution in [3.05, 3.63) is 35.4 Å². The van der Waals surface area contributed by atoms with Crippen molar-refractivity contribution in [3.8, 4) is 0 Å².